The van der Waals surface area contributed by atoms with Crippen molar-refractivity contribution in [1.82, 2.24) is 9.61 Å². The lowest BCUT2D eigenvalue weighted by molar-refractivity contribution is 0.961. The highest BCUT2D eigenvalue weighted by Crippen LogP contribution is 2.24. The van der Waals surface area contributed by atoms with Crippen LogP contribution in [0.2, 0.25) is 0 Å². The molecular weight excluding hydrogens is 208 g/mol. The fourth-order valence-corrected chi connectivity index (χ4v) is 2.20. The second-order valence-electron chi connectivity index (χ2n) is 4.13. The van der Waals surface area contributed by atoms with Gasteiger partial charge in [0, 0.05) is 12.4 Å². The van der Waals surface area contributed by atoms with Crippen LogP contribution in [0.15, 0.2) is 54.9 Å². The van der Waals surface area contributed by atoms with Gasteiger partial charge in [0.1, 0.15) is 0 Å². The number of hydrogen-bond donors (Lipinski definition) is 0. The van der Waals surface area contributed by atoms with Crippen LogP contribution in [0, 0.1) is 0 Å². The molecule has 3 aromatic rings. The molecule has 0 aliphatic heterocycles. The molecule has 0 bridgehead atoms. The molecule has 1 aromatic carbocycles. The van der Waals surface area contributed by atoms with Crippen LogP contribution >= 0.6 is 0 Å². The quantitative estimate of drug-likeness (QED) is 0.648. The highest BCUT2D eigenvalue weighted by atomic mass is 15.2. The van der Waals surface area contributed by atoms with Gasteiger partial charge >= 0.3 is 0 Å². The first-order chi connectivity index (χ1) is 8.38. The molecule has 2 aromatic heterocycles. The van der Waals surface area contributed by atoms with Crippen LogP contribution in [0.5, 0.6) is 0 Å². The Kier molecular flexibility index (Phi) is 2.41. The molecule has 0 radical (unpaired) electrons. The molecule has 3 rings (SSSR count). The van der Waals surface area contributed by atoms with E-state index in [1.807, 2.05) is 23.0 Å². The van der Waals surface area contributed by atoms with Crippen molar-refractivity contribution in [1.29, 1.82) is 0 Å². The Bertz CT molecular complexity index is 653. The van der Waals surface area contributed by atoms with Gasteiger partial charge in [0.15, 0.2) is 0 Å². The summed E-state index contributed by atoms with van der Waals surface area (Å²) in [6.45, 7) is 2.19. The smallest absolute Gasteiger partial charge is 0.0667 e. The molecular formula is C15H14N2. The molecule has 0 saturated heterocycles. The Morgan fingerprint density at radius 2 is 2.00 bits per heavy atom. The number of aromatic nitrogens is 2. The molecule has 2 heteroatoms. The molecule has 0 spiro atoms. The molecule has 0 amide bonds. The van der Waals surface area contributed by atoms with E-state index in [-0.39, 0.29) is 0 Å². The summed E-state index contributed by atoms with van der Waals surface area (Å²) < 4.78 is 1.89. The summed E-state index contributed by atoms with van der Waals surface area (Å²) in [7, 11) is 0. The van der Waals surface area contributed by atoms with Gasteiger partial charge in [0.25, 0.3) is 0 Å². The molecule has 2 nitrogen and oxygen atoms in total. The zero-order chi connectivity index (χ0) is 11.7. The maximum absolute atomic E-state index is 4.21. The number of rotatable bonds is 2. The highest BCUT2D eigenvalue weighted by molar-refractivity contribution is 5.71. The van der Waals surface area contributed by atoms with E-state index in [2.05, 4.69) is 48.4 Å². The third-order valence-electron chi connectivity index (χ3n) is 3.11. The van der Waals surface area contributed by atoms with E-state index >= 15 is 0 Å². The standard InChI is InChI=1S/C15H14N2/c1-2-12-5-3-4-6-15(12)13-8-10-17-14(11-13)7-9-16-17/h3-11H,2H2,1H3. The highest BCUT2D eigenvalue weighted by Gasteiger charge is 2.03. The van der Waals surface area contributed by atoms with Gasteiger partial charge in [-0.15, -0.1) is 0 Å². The summed E-state index contributed by atoms with van der Waals surface area (Å²) in [5.41, 5.74) is 5.10. The van der Waals surface area contributed by atoms with Crippen molar-refractivity contribution in [2.75, 3.05) is 0 Å². The van der Waals surface area contributed by atoms with Gasteiger partial charge in [-0.3, -0.25) is 0 Å². The van der Waals surface area contributed by atoms with Crippen LogP contribution in [0.25, 0.3) is 16.6 Å². The average Bonchev–Trinajstić information content (AvgIpc) is 2.85. The number of fused-ring (bicyclic) bond motifs is 1. The Balaban J connectivity index is 2.19. The number of hydrogen-bond acceptors (Lipinski definition) is 1. The zero-order valence-corrected chi connectivity index (χ0v) is 9.80. The molecule has 0 fully saturated rings. The van der Waals surface area contributed by atoms with Gasteiger partial charge in [-0.2, -0.15) is 5.10 Å². The van der Waals surface area contributed by atoms with Gasteiger partial charge in [-0.05, 0) is 41.3 Å². The number of pyridine rings is 1. The second-order valence-corrected chi connectivity index (χ2v) is 4.13. The Morgan fingerprint density at radius 1 is 1.12 bits per heavy atom. The average molecular weight is 222 g/mol. The Morgan fingerprint density at radius 3 is 2.88 bits per heavy atom. The minimum Gasteiger partial charge on any atom is -0.241 e. The molecule has 17 heavy (non-hydrogen) atoms. The van der Waals surface area contributed by atoms with Crippen molar-refractivity contribution in [3.05, 3.63) is 60.4 Å². The first kappa shape index (κ1) is 10.1. The molecule has 0 aliphatic carbocycles. The van der Waals surface area contributed by atoms with E-state index in [9.17, 15) is 0 Å². The molecule has 84 valence electrons. The van der Waals surface area contributed by atoms with Crippen molar-refractivity contribution < 1.29 is 0 Å². The van der Waals surface area contributed by atoms with Gasteiger partial charge in [-0.1, -0.05) is 31.2 Å². The van der Waals surface area contributed by atoms with Crippen molar-refractivity contribution in [3.8, 4) is 11.1 Å². The molecule has 2 heterocycles. The molecule has 0 unspecified atom stereocenters. The summed E-state index contributed by atoms with van der Waals surface area (Å²) in [6, 6.07) is 14.9. The molecule has 0 saturated carbocycles. The fraction of sp³-hybridized carbons (Fsp3) is 0.133. The van der Waals surface area contributed by atoms with Crippen LogP contribution in [-0.4, -0.2) is 9.61 Å². The predicted octanol–water partition coefficient (Wildman–Crippen LogP) is 3.56. The molecule has 0 atom stereocenters. The van der Waals surface area contributed by atoms with E-state index in [1.54, 1.807) is 0 Å². The summed E-state index contributed by atoms with van der Waals surface area (Å²) in [6.07, 6.45) is 4.89. The van der Waals surface area contributed by atoms with Crippen LogP contribution in [0.3, 0.4) is 0 Å². The van der Waals surface area contributed by atoms with Crippen molar-refractivity contribution in [3.63, 3.8) is 0 Å². The normalized spacial score (nSPS) is 10.9. The van der Waals surface area contributed by atoms with Crippen LogP contribution in [0.1, 0.15) is 12.5 Å². The van der Waals surface area contributed by atoms with Gasteiger partial charge < -0.3 is 0 Å². The Hall–Kier alpha value is -2.09. The third kappa shape index (κ3) is 1.72. The van der Waals surface area contributed by atoms with Crippen LogP contribution in [0.4, 0.5) is 0 Å². The number of nitrogens with zero attached hydrogens (tertiary/aromatic N) is 2. The molecule has 0 N–H and O–H groups in total. The van der Waals surface area contributed by atoms with E-state index in [0.29, 0.717) is 0 Å². The van der Waals surface area contributed by atoms with Gasteiger partial charge in [0.05, 0.1) is 5.52 Å². The Labute approximate surface area is 101 Å². The van der Waals surface area contributed by atoms with Gasteiger partial charge in [-0.25, -0.2) is 4.52 Å². The predicted molar refractivity (Wildman–Crippen MR) is 70.0 cm³/mol. The second kappa shape index (κ2) is 4.06. The minimum atomic E-state index is 1.06. The van der Waals surface area contributed by atoms with Crippen LogP contribution in [-0.2, 0) is 6.42 Å². The van der Waals surface area contributed by atoms with E-state index < -0.39 is 0 Å². The number of benzene rings is 1. The molecule has 0 aliphatic rings. The monoisotopic (exact) mass is 222 g/mol. The van der Waals surface area contributed by atoms with Gasteiger partial charge in [0.2, 0.25) is 0 Å². The summed E-state index contributed by atoms with van der Waals surface area (Å²) in [5.74, 6) is 0. The maximum Gasteiger partial charge on any atom is 0.0667 e. The van der Waals surface area contributed by atoms with Crippen LogP contribution < -0.4 is 0 Å². The van der Waals surface area contributed by atoms with E-state index in [4.69, 9.17) is 0 Å². The zero-order valence-electron chi connectivity index (χ0n) is 9.80. The lowest BCUT2D eigenvalue weighted by atomic mass is 9.99. The maximum atomic E-state index is 4.21. The minimum absolute atomic E-state index is 1.06. The topological polar surface area (TPSA) is 17.3 Å². The summed E-state index contributed by atoms with van der Waals surface area (Å²) in [4.78, 5) is 0. The third-order valence-corrected chi connectivity index (χ3v) is 3.11. The fourth-order valence-electron chi connectivity index (χ4n) is 2.20. The van der Waals surface area contributed by atoms with Crippen molar-refractivity contribution in [2.24, 2.45) is 0 Å². The first-order valence-corrected chi connectivity index (χ1v) is 5.90. The SMILES string of the molecule is CCc1ccccc1-c1ccn2nccc2c1. The number of aryl methyl sites for hydroxylation is 1. The summed E-state index contributed by atoms with van der Waals surface area (Å²) >= 11 is 0. The first-order valence-electron chi connectivity index (χ1n) is 5.90. The van der Waals surface area contributed by atoms with E-state index in [1.165, 1.54) is 16.7 Å². The van der Waals surface area contributed by atoms with Crippen molar-refractivity contribution in [2.45, 2.75) is 13.3 Å². The lowest BCUT2D eigenvalue weighted by Gasteiger charge is -2.08. The largest absolute Gasteiger partial charge is 0.241 e. The lowest BCUT2D eigenvalue weighted by Crippen LogP contribution is -1.90. The summed E-state index contributed by atoms with van der Waals surface area (Å²) in [5, 5.41) is 4.21. The van der Waals surface area contributed by atoms with E-state index in [0.717, 1.165) is 11.9 Å². The van der Waals surface area contributed by atoms with Crippen molar-refractivity contribution >= 4 is 5.52 Å².